The smallest absolute Gasteiger partial charge is 0.325 e. The van der Waals surface area contributed by atoms with Gasteiger partial charge in [-0.3, -0.25) is 33.8 Å². The maximum absolute atomic E-state index is 14.5. The highest BCUT2D eigenvalue weighted by molar-refractivity contribution is 5.93. The fourth-order valence-electron chi connectivity index (χ4n) is 11.6. The van der Waals surface area contributed by atoms with Gasteiger partial charge in [0.25, 0.3) is 5.91 Å². The number of H-pyrrole nitrogens is 1. The molecule has 6 rings (SSSR count). The van der Waals surface area contributed by atoms with E-state index < -0.39 is 107 Å². The number of fused-ring (bicyclic) bond motifs is 2. The first-order chi connectivity index (χ1) is 36.5. The molecule has 17 atom stereocenters. The van der Waals surface area contributed by atoms with E-state index in [2.05, 4.69) is 26.4 Å². The van der Waals surface area contributed by atoms with E-state index in [0.717, 1.165) is 19.3 Å². The zero-order chi connectivity index (χ0) is 56.3. The van der Waals surface area contributed by atoms with Crippen LogP contribution in [0.4, 0.5) is 0 Å². The van der Waals surface area contributed by atoms with Crippen molar-refractivity contribution in [3.8, 4) is 0 Å². The van der Waals surface area contributed by atoms with E-state index in [4.69, 9.17) is 9.47 Å². The maximum Gasteiger partial charge on any atom is 0.325 e. The fraction of sp³-hybridized carbons (Fsp3) is 0.672. The Labute approximate surface area is 453 Å². The Bertz CT molecular complexity index is 2420. The van der Waals surface area contributed by atoms with Gasteiger partial charge in [0.1, 0.15) is 35.7 Å². The van der Waals surface area contributed by atoms with E-state index in [9.17, 15) is 54.0 Å². The molecular formula is C58H86N6O13. The molecule has 4 fully saturated rings. The van der Waals surface area contributed by atoms with Crippen LogP contribution < -0.4 is 26.9 Å². The van der Waals surface area contributed by atoms with Gasteiger partial charge >= 0.3 is 5.97 Å². The van der Waals surface area contributed by atoms with Gasteiger partial charge in [0.05, 0.1) is 36.4 Å². The number of carbonyl (C=O) groups excluding carboxylic acids is 6. The lowest BCUT2D eigenvalue weighted by Crippen LogP contribution is -2.78. The van der Waals surface area contributed by atoms with Crippen molar-refractivity contribution in [3.05, 3.63) is 82.4 Å². The number of rotatable bonds is 15. The Kier molecular flexibility index (Phi) is 21.8. The number of hydrazine groups is 1. The first kappa shape index (κ1) is 60.9. The van der Waals surface area contributed by atoms with E-state index in [1.54, 1.807) is 45.1 Å². The number of aromatic amines is 1. The van der Waals surface area contributed by atoms with Crippen LogP contribution in [0.5, 0.6) is 0 Å². The summed E-state index contributed by atoms with van der Waals surface area (Å²) in [5.74, 6) is -5.94. The lowest BCUT2D eigenvalue weighted by atomic mass is 9.55. The number of aliphatic hydroxyl groups is 4. The first-order valence-electron chi connectivity index (χ1n) is 28.0. The number of cyclic esters (lactones) is 1. The molecular weight excluding hydrogens is 989 g/mol. The van der Waals surface area contributed by atoms with Gasteiger partial charge in [-0.25, -0.2) is 5.43 Å². The van der Waals surface area contributed by atoms with Crippen molar-refractivity contribution in [3.63, 3.8) is 0 Å². The molecule has 4 amide bonds. The van der Waals surface area contributed by atoms with Crippen molar-refractivity contribution < 1.29 is 58.7 Å². The molecule has 77 heavy (non-hydrogen) atoms. The number of hydrogen-bond acceptors (Lipinski definition) is 14. The molecule has 5 heterocycles. The number of ether oxygens (including phenoxy) is 2. The van der Waals surface area contributed by atoms with Crippen molar-refractivity contribution in [2.75, 3.05) is 6.54 Å². The number of allylic oxidation sites excluding steroid dienone is 5. The monoisotopic (exact) mass is 1070 g/mol. The lowest BCUT2D eigenvalue weighted by Gasteiger charge is -2.65. The number of pyridine rings is 1. The van der Waals surface area contributed by atoms with Gasteiger partial charge in [-0.1, -0.05) is 90.1 Å². The Morgan fingerprint density at radius 1 is 0.948 bits per heavy atom. The van der Waals surface area contributed by atoms with Crippen molar-refractivity contribution in [2.45, 2.75) is 193 Å². The van der Waals surface area contributed by atoms with Crippen LogP contribution in [0, 0.1) is 47.3 Å². The van der Waals surface area contributed by atoms with Gasteiger partial charge in [0, 0.05) is 73.6 Å². The second kappa shape index (κ2) is 27.5. The summed E-state index contributed by atoms with van der Waals surface area (Å²) in [6.45, 7) is 14.3. The normalized spacial score (nSPS) is 35.6. The van der Waals surface area contributed by atoms with E-state index in [0.29, 0.717) is 43.4 Å². The van der Waals surface area contributed by atoms with Gasteiger partial charge in [0.15, 0.2) is 0 Å². The SMILES string of the molecule is CC[C@H]1C[C@@H]2C[C@H]3[C@@H](O)[C@@H](C)[C@H](C[C@H](O)[C@@H](C)CC/C=C/C=C(\C)[C@@H]4C/C=C/C=C/[C@H](O)[C@H](C)[C@@H](O)[C@@H](CCC(C)=O)C(=O)N[C@@H](C(C)C)C(=O)N[C@@H](Cc5cccc(=O)[nH]5)C(=O)N5CCCC(N5)C(=O)O4)O[C@]23NC1=O. The fourth-order valence-corrected chi connectivity index (χ4v) is 11.6. The summed E-state index contributed by atoms with van der Waals surface area (Å²) >= 11 is 0. The van der Waals surface area contributed by atoms with Crippen molar-refractivity contribution in [1.82, 2.24) is 31.4 Å². The number of hydrogen-bond donors (Lipinski definition) is 9. The van der Waals surface area contributed by atoms with Gasteiger partial charge in [-0.2, -0.15) is 0 Å². The topological polar surface area (TPSA) is 286 Å². The number of aliphatic hydroxyl groups excluding tert-OH is 4. The average molecular weight is 1080 g/mol. The number of piperidine rings is 1. The van der Waals surface area contributed by atoms with Crippen LogP contribution in [-0.2, 0) is 44.7 Å². The minimum absolute atomic E-state index is 0.0334. The Morgan fingerprint density at radius 3 is 2.40 bits per heavy atom. The number of Topliss-reactive ketones (excluding diaryl/α,β-unsaturated/α-hetero) is 1. The molecule has 1 aromatic heterocycles. The number of nitrogens with one attached hydrogen (secondary N) is 5. The van der Waals surface area contributed by atoms with Crippen LogP contribution >= 0.6 is 0 Å². The quantitative estimate of drug-likeness (QED) is 0.0894. The molecule has 1 aliphatic carbocycles. The molecule has 19 nitrogen and oxygen atoms in total. The Hall–Kier alpha value is -5.31. The molecule has 5 aliphatic rings. The van der Waals surface area contributed by atoms with E-state index in [1.807, 2.05) is 45.9 Å². The lowest BCUT2D eigenvalue weighted by molar-refractivity contribution is -0.320. The molecule has 1 spiro atoms. The third kappa shape index (κ3) is 15.3. The number of nitrogens with zero attached hydrogens (tertiary/aromatic N) is 1. The summed E-state index contributed by atoms with van der Waals surface area (Å²) < 4.78 is 12.8. The van der Waals surface area contributed by atoms with Crippen LogP contribution in [0.3, 0.4) is 0 Å². The number of aromatic nitrogens is 1. The van der Waals surface area contributed by atoms with Crippen molar-refractivity contribution in [2.24, 2.45) is 47.3 Å². The number of amides is 4. The molecule has 0 radical (unpaired) electrons. The summed E-state index contributed by atoms with van der Waals surface area (Å²) in [7, 11) is 0. The van der Waals surface area contributed by atoms with Gasteiger partial charge < -0.3 is 55.6 Å². The molecule has 1 saturated carbocycles. The summed E-state index contributed by atoms with van der Waals surface area (Å²) in [4.78, 5) is 97.0. The highest BCUT2D eigenvalue weighted by Gasteiger charge is 2.67. The molecule has 1 aromatic rings. The molecule has 9 N–H and O–H groups in total. The minimum atomic E-state index is -1.44. The average Bonchev–Trinajstić information content (AvgIpc) is 3.39. The number of esters is 1. The van der Waals surface area contributed by atoms with Crippen LogP contribution in [0.1, 0.15) is 132 Å². The minimum Gasteiger partial charge on any atom is -0.456 e. The second-order valence-electron chi connectivity index (χ2n) is 22.9. The van der Waals surface area contributed by atoms with Crippen LogP contribution in [0.2, 0.25) is 0 Å². The first-order valence-corrected chi connectivity index (χ1v) is 28.0. The van der Waals surface area contributed by atoms with E-state index in [-0.39, 0.29) is 73.5 Å². The molecule has 4 aliphatic heterocycles. The third-order valence-corrected chi connectivity index (χ3v) is 16.9. The van der Waals surface area contributed by atoms with Crippen LogP contribution in [-0.4, -0.2) is 133 Å². The highest BCUT2D eigenvalue weighted by Crippen LogP contribution is 2.57. The van der Waals surface area contributed by atoms with Gasteiger partial charge in [0.2, 0.25) is 23.3 Å². The van der Waals surface area contributed by atoms with E-state index >= 15 is 0 Å². The van der Waals surface area contributed by atoms with Gasteiger partial charge in [-0.05, 0) is 88.7 Å². The molecule has 1 unspecified atom stereocenters. The summed E-state index contributed by atoms with van der Waals surface area (Å²) in [5, 5.41) is 55.5. The summed E-state index contributed by atoms with van der Waals surface area (Å²) in [5.41, 5.74) is 2.77. The zero-order valence-electron chi connectivity index (χ0n) is 46.2. The van der Waals surface area contributed by atoms with Crippen LogP contribution in [0.25, 0.3) is 0 Å². The third-order valence-electron chi connectivity index (χ3n) is 16.9. The number of ketones is 1. The molecule has 426 valence electrons. The number of carbonyl (C=O) groups is 6. The summed E-state index contributed by atoms with van der Waals surface area (Å²) in [6, 6.07) is 0.980. The largest absolute Gasteiger partial charge is 0.456 e. The Balaban J connectivity index is 1.18. The standard InChI is InChI=1S/C58H86N6O13/c1-9-38-28-39-29-42-52(70)37(8)48(77-58(39,42)62-53(38)71)31-46(67)33(4)18-12-10-13-19-34(5)47-23-15-11-14-22-45(66)36(7)51(69)41(26-25-35(6)65)54(72)61-50(32(2)3)55(73)60-44(30-40-20-16-24-49(68)59-40)56(74)64-27-17-21-43(63-64)57(75)76-47/h10-11,13-16,19-20,22,24,32-33,36-39,41-48,50-52,63,66-67,69-70H,9,12,17-18,21,23,25-31H2,1-8H3,(H,59,68)(H,60,73)(H,61,72)(H,62,71)/b13-10+,15-11+,22-14+,34-19+/t33-,36-,37-,38-,39+,41+,42-,43?,44-,45-,46-,47-,48-,50-,51+,52-,58+/m0/s1. The van der Waals surface area contributed by atoms with Crippen molar-refractivity contribution in [1.29, 1.82) is 0 Å². The predicted molar refractivity (Wildman–Crippen MR) is 288 cm³/mol. The molecule has 0 aromatic carbocycles. The Morgan fingerprint density at radius 2 is 1.70 bits per heavy atom. The van der Waals surface area contributed by atoms with Crippen molar-refractivity contribution >= 4 is 35.4 Å². The van der Waals surface area contributed by atoms with E-state index in [1.165, 1.54) is 30.1 Å². The summed E-state index contributed by atoms with van der Waals surface area (Å²) in [6.07, 6.45) is 11.5. The molecule has 19 heteroatoms. The zero-order valence-corrected chi connectivity index (χ0v) is 46.2. The maximum atomic E-state index is 14.5. The molecule has 2 bridgehead atoms. The van der Waals surface area contributed by atoms with Gasteiger partial charge in [-0.15, -0.1) is 0 Å². The van der Waals surface area contributed by atoms with Crippen LogP contribution in [0.15, 0.2) is 71.1 Å². The highest BCUT2D eigenvalue weighted by atomic mass is 16.5. The predicted octanol–water partition coefficient (Wildman–Crippen LogP) is 3.75. The second-order valence-corrected chi connectivity index (χ2v) is 22.9. The molecule has 3 saturated heterocycles.